The van der Waals surface area contributed by atoms with Gasteiger partial charge in [0.15, 0.2) is 0 Å². The predicted octanol–water partition coefficient (Wildman–Crippen LogP) is 7.34. The van der Waals surface area contributed by atoms with Gasteiger partial charge in [0, 0.05) is 17.1 Å². The second kappa shape index (κ2) is 8.55. The first-order chi connectivity index (χ1) is 13.7. The molecule has 0 aromatic heterocycles. The van der Waals surface area contributed by atoms with Gasteiger partial charge in [-0.05, 0) is 40.6 Å². The summed E-state index contributed by atoms with van der Waals surface area (Å²) in [6.45, 7) is 1.09. The van der Waals surface area contributed by atoms with Crippen LogP contribution in [0.3, 0.4) is 0 Å². The van der Waals surface area contributed by atoms with E-state index in [9.17, 15) is 0 Å². The zero-order valence-electron chi connectivity index (χ0n) is 15.2. The van der Waals surface area contributed by atoms with Crippen molar-refractivity contribution in [3.05, 3.63) is 106 Å². The molecule has 4 aromatic carbocycles. The van der Waals surface area contributed by atoms with Crippen molar-refractivity contribution in [2.45, 2.75) is 13.2 Å². The number of anilines is 1. The molecular formula is C24H19Cl2NO. The zero-order chi connectivity index (χ0) is 19.3. The summed E-state index contributed by atoms with van der Waals surface area (Å²) in [6.07, 6.45) is 0. The predicted molar refractivity (Wildman–Crippen MR) is 119 cm³/mol. The Kier molecular flexibility index (Phi) is 5.70. The summed E-state index contributed by atoms with van der Waals surface area (Å²) in [6, 6.07) is 28.0. The van der Waals surface area contributed by atoms with Gasteiger partial charge in [0.2, 0.25) is 0 Å². The number of hydrogen-bond acceptors (Lipinski definition) is 2. The summed E-state index contributed by atoms with van der Waals surface area (Å²) in [5, 5.41) is 7.01. The molecule has 0 fully saturated rings. The number of rotatable bonds is 6. The first-order valence-electron chi connectivity index (χ1n) is 9.07. The highest BCUT2D eigenvalue weighted by molar-refractivity contribution is 6.35. The van der Waals surface area contributed by atoms with Crippen molar-refractivity contribution in [3.8, 4) is 5.75 Å². The van der Waals surface area contributed by atoms with E-state index in [1.165, 1.54) is 5.39 Å². The van der Waals surface area contributed by atoms with Gasteiger partial charge < -0.3 is 10.1 Å². The normalized spacial score (nSPS) is 10.8. The molecule has 0 radical (unpaired) electrons. The molecule has 0 atom stereocenters. The van der Waals surface area contributed by atoms with Gasteiger partial charge in [0.25, 0.3) is 0 Å². The summed E-state index contributed by atoms with van der Waals surface area (Å²) < 4.78 is 6.17. The smallest absolute Gasteiger partial charge is 0.125 e. The van der Waals surface area contributed by atoms with E-state index in [1.807, 2.05) is 42.5 Å². The topological polar surface area (TPSA) is 21.3 Å². The van der Waals surface area contributed by atoms with Gasteiger partial charge in [-0.2, -0.15) is 0 Å². The molecule has 140 valence electrons. The standard InChI is InChI=1S/C24H19Cl2NO/c25-19-11-12-22(26)23(14-19)27-15-21-20-9-5-4-8-18(20)10-13-24(21)28-16-17-6-2-1-3-7-17/h1-14,27H,15-16H2. The van der Waals surface area contributed by atoms with E-state index in [0.717, 1.165) is 28.0 Å². The van der Waals surface area contributed by atoms with Crippen molar-refractivity contribution >= 4 is 39.7 Å². The van der Waals surface area contributed by atoms with Crippen molar-refractivity contribution in [3.63, 3.8) is 0 Å². The Hall–Kier alpha value is -2.68. The average Bonchev–Trinajstić information content (AvgIpc) is 2.74. The van der Waals surface area contributed by atoms with E-state index in [1.54, 1.807) is 12.1 Å². The van der Waals surface area contributed by atoms with Crippen LogP contribution in [-0.2, 0) is 13.2 Å². The highest BCUT2D eigenvalue weighted by Gasteiger charge is 2.10. The van der Waals surface area contributed by atoms with Crippen LogP contribution in [0.5, 0.6) is 5.75 Å². The summed E-state index contributed by atoms with van der Waals surface area (Å²) in [4.78, 5) is 0. The SMILES string of the molecule is Clc1ccc(Cl)c(NCc2c(OCc3ccccc3)ccc3ccccc23)c1. The number of hydrogen-bond donors (Lipinski definition) is 1. The quantitative estimate of drug-likeness (QED) is 0.360. The molecule has 0 aliphatic heterocycles. The van der Waals surface area contributed by atoms with Gasteiger partial charge in [0.1, 0.15) is 12.4 Å². The van der Waals surface area contributed by atoms with Crippen molar-refractivity contribution in [2.24, 2.45) is 0 Å². The molecule has 0 bridgehead atoms. The third-order valence-electron chi connectivity index (χ3n) is 4.62. The number of benzene rings is 4. The Labute approximate surface area is 174 Å². The lowest BCUT2D eigenvalue weighted by molar-refractivity contribution is 0.304. The molecule has 0 aliphatic carbocycles. The Bertz CT molecular complexity index is 1100. The van der Waals surface area contributed by atoms with Gasteiger partial charge in [0.05, 0.1) is 10.7 Å². The van der Waals surface area contributed by atoms with E-state index in [4.69, 9.17) is 27.9 Å². The second-order valence-corrected chi connectivity index (χ2v) is 7.36. The number of halogens is 2. The molecule has 0 amide bonds. The molecule has 0 aliphatic rings. The van der Waals surface area contributed by atoms with Crippen LogP contribution in [0.25, 0.3) is 10.8 Å². The lowest BCUT2D eigenvalue weighted by Gasteiger charge is -2.16. The van der Waals surface area contributed by atoms with Crippen LogP contribution in [-0.4, -0.2) is 0 Å². The molecule has 0 heterocycles. The van der Waals surface area contributed by atoms with Crippen molar-refractivity contribution < 1.29 is 4.74 Å². The maximum absolute atomic E-state index is 6.31. The van der Waals surface area contributed by atoms with Gasteiger partial charge in [-0.15, -0.1) is 0 Å². The largest absolute Gasteiger partial charge is 0.489 e. The van der Waals surface area contributed by atoms with Crippen LogP contribution < -0.4 is 10.1 Å². The average molecular weight is 408 g/mol. The van der Waals surface area contributed by atoms with Gasteiger partial charge in [-0.25, -0.2) is 0 Å². The molecule has 4 heteroatoms. The second-order valence-electron chi connectivity index (χ2n) is 6.52. The van der Waals surface area contributed by atoms with Crippen LogP contribution in [0, 0.1) is 0 Å². The highest BCUT2D eigenvalue weighted by atomic mass is 35.5. The van der Waals surface area contributed by atoms with E-state index >= 15 is 0 Å². The van der Waals surface area contributed by atoms with Gasteiger partial charge in [-0.1, -0.05) is 83.9 Å². The summed E-state index contributed by atoms with van der Waals surface area (Å²) in [5.74, 6) is 0.855. The highest BCUT2D eigenvalue weighted by Crippen LogP contribution is 2.31. The molecule has 28 heavy (non-hydrogen) atoms. The fourth-order valence-corrected chi connectivity index (χ4v) is 3.54. The molecule has 0 spiro atoms. The molecule has 4 rings (SSSR count). The molecule has 0 saturated carbocycles. The Morgan fingerprint density at radius 2 is 1.57 bits per heavy atom. The fraction of sp³-hybridized carbons (Fsp3) is 0.0833. The third-order valence-corrected chi connectivity index (χ3v) is 5.18. The Morgan fingerprint density at radius 1 is 0.786 bits per heavy atom. The van der Waals surface area contributed by atoms with Crippen LogP contribution in [0.2, 0.25) is 10.0 Å². The van der Waals surface area contributed by atoms with E-state index in [2.05, 4.69) is 35.6 Å². The van der Waals surface area contributed by atoms with Crippen molar-refractivity contribution in [1.29, 1.82) is 0 Å². The van der Waals surface area contributed by atoms with E-state index in [0.29, 0.717) is 23.2 Å². The van der Waals surface area contributed by atoms with Crippen molar-refractivity contribution in [2.75, 3.05) is 5.32 Å². The summed E-state index contributed by atoms with van der Waals surface area (Å²) >= 11 is 12.4. The third kappa shape index (κ3) is 4.24. The minimum Gasteiger partial charge on any atom is -0.489 e. The number of fused-ring (bicyclic) bond motifs is 1. The molecular weight excluding hydrogens is 389 g/mol. The maximum Gasteiger partial charge on any atom is 0.125 e. The monoisotopic (exact) mass is 407 g/mol. The maximum atomic E-state index is 6.31. The zero-order valence-corrected chi connectivity index (χ0v) is 16.7. The van der Waals surface area contributed by atoms with Crippen LogP contribution in [0.15, 0.2) is 84.9 Å². The van der Waals surface area contributed by atoms with Crippen LogP contribution in [0.1, 0.15) is 11.1 Å². The van der Waals surface area contributed by atoms with E-state index in [-0.39, 0.29) is 0 Å². The summed E-state index contributed by atoms with van der Waals surface area (Å²) in [5.41, 5.74) is 3.02. The molecule has 1 N–H and O–H groups in total. The Morgan fingerprint density at radius 3 is 2.43 bits per heavy atom. The fourth-order valence-electron chi connectivity index (χ4n) is 3.19. The Balaban J connectivity index is 1.64. The first kappa shape index (κ1) is 18.7. The number of nitrogens with one attached hydrogen (secondary N) is 1. The lowest BCUT2D eigenvalue weighted by atomic mass is 10.0. The molecule has 0 saturated heterocycles. The van der Waals surface area contributed by atoms with Crippen molar-refractivity contribution in [1.82, 2.24) is 0 Å². The first-order valence-corrected chi connectivity index (χ1v) is 9.82. The molecule has 4 aromatic rings. The van der Waals surface area contributed by atoms with E-state index < -0.39 is 0 Å². The minimum absolute atomic E-state index is 0.518. The lowest BCUT2D eigenvalue weighted by Crippen LogP contribution is -2.05. The molecule has 2 nitrogen and oxygen atoms in total. The van der Waals surface area contributed by atoms with Gasteiger partial charge in [-0.3, -0.25) is 0 Å². The summed E-state index contributed by atoms with van der Waals surface area (Å²) in [7, 11) is 0. The van der Waals surface area contributed by atoms with Gasteiger partial charge >= 0.3 is 0 Å². The van der Waals surface area contributed by atoms with Crippen LogP contribution >= 0.6 is 23.2 Å². The molecule has 0 unspecified atom stereocenters. The minimum atomic E-state index is 0.518. The van der Waals surface area contributed by atoms with Crippen LogP contribution in [0.4, 0.5) is 5.69 Å². The number of ether oxygens (including phenoxy) is 1.